The minimum absolute atomic E-state index is 0.539. The van der Waals surface area contributed by atoms with Crippen LogP contribution >= 0.6 is 11.3 Å². The first-order valence-electron chi connectivity index (χ1n) is 7.59. The van der Waals surface area contributed by atoms with Crippen LogP contribution in [0.15, 0.2) is 17.8 Å². The van der Waals surface area contributed by atoms with Gasteiger partial charge in [-0.15, -0.1) is 11.3 Å². The van der Waals surface area contributed by atoms with Crippen molar-refractivity contribution in [1.29, 1.82) is 0 Å². The molecule has 1 N–H and O–H groups in total. The number of aromatic nitrogens is 2. The quantitative estimate of drug-likeness (QED) is 0.870. The molecule has 2 aromatic heterocycles. The molecule has 0 saturated carbocycles. The predicted octanol–water partition coefficient (Wildman–Crippen LogP) is 3.68. The average Bonchev–Trinajstić information content (AvgIpc) is 2.96. The Morgan fingerprint density at radius 3 is 3.05 bits per heavy atom. The minimum Gasteiger partial charge on any atom is -0.347 e. The second-order valence-corrected chi connectivity index (χ2v) is 6.59. The Balaban J connectivity index is 1.82. The second kappa shape index (κ2) is 6.10. The van der Waals surface area contributed by atoms with Gasteiger partial charge in [0, 0.05) is 29.5 Å². The maximum atomic E-state index is 4.57. The molecule has 0 fully saturated rings. The third kappa shape index (κ3) is 2.96. The number of rotatable bonds is 4. The third-order valence-electron chi connectivity index (χ3n) is 4.00. The summed E-state index contributed by atoms with van der Waals surface area (Å²) in [5, 5.41) is 6.97. The van der Waals surface area contributed by atoms with Gasteiger partial charge in [0.05, 0.1) is 6.54 Å². The summed E-state index contributed by atoms with van der Waals surface area (Å²) in [6.45, 7) is 6.21. The molecule has 1 unspecified atom stereocenters. The highest BCUT2D eigenvalue weighted by Crippen LogP contribution is 2.29. The van der Waals surface area contributed by atoms with Crippen molar-refractivity contribution < 1.29 is 0 Å². The van der Waals surface area contributed by atoms with Gasteiger partial charge in [-0.2, -0.15) is 0 Å². The van der Waals surface area contributed by atoms with E-state index in [0.717, 1.165) is 18.8 Å². The van der Waals surface area contributed by atoms with E-state index in [1.807, 2.05) is 0 Å². The minimum atomic E-state index is 0.539. The monoisotopic (exact) mass is 289 g/mol. The van der Waals surface area contributed by atoms with Gasteiger partial charge in [-0.05, 0) is 43.9 Å². The van der Waals surface area contributed by atoms with Crippen LogP contribution in [0.1, 0.15) is 54.1 Å². The number of hydrogen-bond acceptors (Lipinski definition) is 3. The lowest BCUT2D eigenvalue weighted by atomic mass is 10.0. The number of nitrogens with zero attached hydrogens (tertiary/aromatic N) is 2. The van der Waals surface area contributed by atoms with Crippen molar-refractivity contribution in [3.05, 3.63) is 39.6 Å². The highest BCUT2D eigenvalue weighted by molar-refractivity contribution is 7.09. The molecule has 2 heterocycles. The summed E-state index contributed by atoms with van der Waals surface area (Å²) in [6, 6.07) is 0.539. The summed E-state index contributed by atoms with van der Waals surface area (Å²) in [6.07, 6.45) is 9.81. The van der Waals surface area contributed by atoms with E-state index < -0.39 is 0 Å². The first-order valence-corrected chi connectivity index (χ1v) is 8.47. The van der Waals surface area contributed by atoms with Gasteiger partial charge < -0.3 is 9.88 Å². The molecule has 108 valence electrons. The highest BCUT2D eigenvalue weighted by atomic mass is 32.1. The summed E-state index contributed by atoms with van der Waals surface area (Å²) >= 11 is 1.76. The molecule has 0 aliphatic heterocycles. The predicted molar refractivity (Wildman–Crippen MR) is 84.4 cm³/mol. The Morgan fingerprint density at radius 1 is 1.40 bits per heavy atom. The molecular formula is C16H23N3S. The van der Waals surface area contributed by atoms with E-state index >= 15 is 0 Å². The Kier molecular flexibility index (Phi) is 4.22. The standard InChI is InChI=1S/C16H23N3S/c1-3-17-15-7-5-4-6-13-8-19(9-14(13)15)10-16-18-12(2)11-20-16/h8-9,11,15,17H,3-7,10H2,1-2H3. The van der Waals surface area contributed by atoms with Gasteiger partial charge >= 0.3 is 0 Å². The molecule has 20 heavy (non-hydrogen) atoms. The SMILES string of the molecule is CCNC1CCCCc2cn(Cc3nc(C)cs3)cc21. The van der Waals surface area contributed by atoms with Crippen molar-refractivity contribution in [2.24, 2.45) is 0 Å². The van der Waals surface area contributed by atoms with Gasteiger partial charge in [0.1, 0.15) is 5.01 Å². The number of hydrogen-bond donors (Lipinski definition) is 1. The second-order valence-electron chi connectivity index (χ2n) is 5.65. The van der Waals surface area contributed by atoms with Crippen LogP contribution in [0.2, 0.25) is 0 Å². The summed E-state index contributed by atoms with van der Waals surface area (Å²) in [4.78, 5) is 4.57. The number of nitrogens with one attached hydrogen (secondary N) is 1. The van der Waals surface area contributed by atoms with Gasteiger partial charge in [0.2, 0.25) is 0 Å². The molecule has 0 amide bonds. The molecule has 0 saturated heterocycles. The van der Waals surface area contributed by atoms with Crippen molar-refractivity contribution in [2.45, 2.75) is 52.1 Å². The maximum Gasteiger partial charge on any atom is 0.113 e. The summed E-state index contributed by atoms with van der Waals surface area (Å²) < 4.78 is 2.32. The van der Waals surface area contributed by atoms with E-state index in [4.69, 9.17) is 0 Å². The first-order chi connectivity index (χ1) is 9.76. The van der Waals surface area contributed by atoms with Gasteiger partial charge in [-0.25, -0.2) is 4.98 Å². The number of fused-ring (bicyclic) bond motifs is 1. The average molecular weight is 289 g/mol. The molecule has 2 aromatic rings. The lowest BCUT2D eigenvalue weighted by Gasteiger charge is -2.15. The molecule has 1 aliphatic rings. The van der Waals surface area contributed by atoms with Crippen LogP contribution < -0.4 is 5.32 Å². The van der Waals surface area contributed by atoms with Gasteiger partial charge in [0.25, 0.3) is 0 Å². The van der Waals surface area contributed by atoms with Crippen molar-refractivity contribution in [3.8, 4) is 0 Å². The molecule has 0 radical (unpaired) electrons. The molecule has 4 heteroatoms. The fraction of sp³-hybridized carbons (Fsp3) is 0.562. The summed E-state index contributed by atoms with van der Waals surface area (Å²) in [7, 11) is 0. The molecule has 1 aliphatic carbocycles. The van der Waals surface area contributed by atoms with Gasteiger partial charge in [-0.1, -0.05) is 13.3 Å². The zero-order valence-corrected chi connectivity index (χ0v) is 13.2. The van der Waals surface area contributed by atoms with E-state index in [2.05, 4.69) is 46.5 Å². The van der Waals surface area contributed by atoms with Gasteiger partial charge in [0.15, 0.2) is 0 Å². The summed E-state index contributed by atoms with van der Waals surface area (Å²) in [5.41, 5.74) is 4.17. The van der Waals surface area contributed by atoms with E-state index in [0.29, 0.717) is 6.04 Å². The van der Waals surface area contributed by atoms with Crippen molar-refractivity contribution in [3.63, 3.8) is 0 Å². The van der Waals surface area contributed by atoms with Crippen LogP contribution in [0.5, 0.6) is 0 Å². The van der Waals surface area contributed by atoms with Crippen LogP contribution in [0.3, 0.4) is 0 Å². The van der Waals surface area contributed by atoms with Crippen molar-refractivity contribution in [2.75, 3.05) is 6.54 Å². The Morgan fingerprint density at radius 2 is 2.30 bits per heavy atom. The first kappa shape index (κ1) is 13.8. The lowest BCUT2D eigenvalue weighted by Crippen LogP contribution is -2.20. The van der Waals surface area contributed by atoms with Gasteiger partial charge in [-0.3, -0.25) is 0 Å². The fourth-order valence-corrected chi connectivity index (χ4v) is 3.88. The molecule has 3 rings (SSSR count). The van der Waals surface area contributed by atoms with Crippen LogP contribution in [-0.2, 0) is 13.0 Å². The van der Waals surface area contributed by atoms with Crippen LogP contribution in [0.4, 0.5) is 0 Å². The zero-order valence-electron chi connectivity index (χ0n) is 12.4. The smallest absolute Gasteiger partial charge is 0.113 e. The zero-order chi connectivity index (χ0) is 13.9. The highest BCUT2D eigenvalue weighted by Gasteiger charge is 2.19. The van der Waals surface area contributed by atoms with E-state index in [1.165, 1.54) is 41.8 Å². The topological polar surface area (TPSA) is 29.9 Å². The van der Waals surface area contributed by atoms with Crippen LogP contribution in [-0.4, -0.2) is 16.1 Å². The van der Waals surface area contributed by atoms with Crippen molar-refractivity contribution in [1.82, 2.24) is 14.9 Å². The summed E-state index contributed by atoms with van der Waals surface area (Å²) in [5.74, 6) is 0. The number of aryl methyl sites for hydroxylation is 2. The van der Waals surface area contributed by atoms with Crippen molar-refractivity contribution >= 4 is 11.3 Å². The van der Waals surface area contributed by atoms with E-state index in [9.17, 15) is 0 Å². The normalized spacial score (nSPS) is 18.8. The lowest BCUT2D eigenvalue weighted by molar-refractivity contribution is 0.502. The molecule has 0 aromatic carbocycles. The maximum absolute atomic E-state index is 4.57. The van der Waals surface area contributed by atoms with E-state index in [-0.39, 0.29) is 0 Å². The Labute approximate surface area is 125 Å². The number of thiazole rings is 1. The Bertz CT molecular complexity index is 570. The molecule has 0 bridgehead atoms. The van der Waals surface area contributed by atoms with Crippen LogP contribution in [0.25, 0.3) is 0 Å². The fourth-order valence-electron chi connectivity index (χ4n) is 3.10. The Hall–Kier alpha value is -1.13. The molecule has 0 spiro atoms. The largest absolute Gasteiger partial charge is 0.347 e. The third-order valence-corrected chi connectivity index (χ3v) is 4.95. The molecular weight excluding hydrogens is 266 g/mol. The molecule has 3 nitrogen and oxygen atoms in total. The molecule has 1 atom stereocenters. The van der Waals surface area contributed by atoms with Crippen LogP contribution in [0, 0.1) is 6.92 Å². The van der Waals surface area contributed by atoms with E-state index in [1.54, 1.807) is 11.3 Å².